The van der Waals surface area contributed by atoms with E-state index in [0.717, 1.165) is 37.2 Å². The third-order valence-electron chi connectivity index (χ3n) is 10.2. The number of para-hydroxylation sites is 1. The Bertz CT molecular complexity index is 1350. The lowest BCUT2D eigenvalue weighted by Crippen LogP contribution is -2.34. The number of unbranched alkanes of at least 4 members (excludes halogenated alkanes) is 1. The van der Waals surface area contributed by atoms with Crippen LogP contribution in [0.3, 0.4) is 0 Å². The molecule has 0 atom stereocenters. The highest BCUT2D eigenvalue weighted by Gasteiger charge is 2.35. The lowest BCUT2D eigenvalue weighted by molar-refractivity contribution is -0.162. The molecule has 3 fully saturated rings. The average molecular weight is 647 g/mol. The minimum absolute atomic E-state index is 0.0259. The Morgan fingerprint density at radius 2 is 1.17 bits per heavy atom. The van der Waals surface area contributed by atoms with Crippen molar-refractivity contribution in [2.75, 3.05) is 0 Å². The molecule has 3 aliphatic rings. The van der Waals surface area contributed by atoms with Gasteiger partial charge in [0, 0.05) is 0 Å². The van der Waals surface area contributed by atoms with E-state index in [4.69, 9.17) is 18.9 Å². The monoisotopic (exact) mass is 646 g/mol. The van der Waals surface area contributed by atoms with Gasteiger partial charge in [-0.25, -0.2) is 4.79 Å². The minimum Gasteiger partial charge on any atom is -0.462 e. The van der Waals surface area contributed by atoms with Crippen molar-refractivity contribution in [1.29, 1.82) is 0 Å². The van der Waals surface area contributed by atoms with Crippen LogP contribution in [0.25, 0.3) is 0 Å². The number of benzene rings is 2. The lowest BCUT2D eigenvalue weighted by Gasteiger charge is -2.32. The number of carbonyl (C=O) groups is 4. The number of ether oxygens (including phenoxy) is 4. The van der Waals surface area contributed by atoms with Crippen molar-refractivity contribution in [3.8, 4) is 11.5 Å². The van der Waals surface area contributed by atoms with E-state index >= 15 is 0 Å². The first-order valence-electron chi connectivity index (χ1n) is 17.8. The Labute approximate surface area is 278 Å². The molecule has 0 saturated heterocycles. The molecule has 3 aliphatic carbocycles. The number of hydrogen-bond acceptors (Lipinski definition) is 8. The zero-order chi connectivity index (χ0) is 33.2. The van der Waals surface area contributed by atoms with Gasteiger partial charge in [0.1, 0.15) is 29.3 Å². The Balaban J connectivity index is 1.02. The number of esters is 4. The van der Waals surface area contributed by atoms with Crippen molar-refractivity contribution < 1.29 is 38.1 Å². The average Bonchev–Trinajstić information content (AvgIpc) is 3.08. The summed E-state index contributed by atoms with van der Waals surface area (Å²) in [5.41, 5.74) is 1.04. The molecule has 0 bridgehead atoms. The first kappa shape index (κ1) is 34.6. The second-order valence-corrected chi connectivity index (χ2v) is 13.8. The van der Waals surface area contributed by atoms with Crippen molar-refractivity contribution in [3.63, 3.8) is 0 Å². The Morgan fingerprint density at radius 1 is 0.638 bits per heavy atom. The number of hydrogen-bond donors (Lipinski definition) is 0. The number of carbonyl (C=O) groups excluding carboxylic acids is 4. The standard InChI is InChI=1S/C39H50O8/c1-3-4-8-27-12-14-28(15-13-27)36(40)44-32-20-16-29(17-21-32)37(41)45-33-22-18-30(19-23-33)38(42)47-35-25-26(2)11-24-34(35)39(43)46-31-9-6-5-7-10-31/h5-7,9-11,24-25,27-30,32-33H,3-4,8,12-23H2,1-2H3. The van der Waals surface area contributed by atoms with E-state index in [0.29, 0.717) is 57.1 Å². The zero-order valence-electron chi connectivity index (χ0n) is 28.0. The number of rotatable bonds is 11. The highest BCUT2D eigenvalue weighted by atomic mass is 16.6. The molecule has 3 saturated carbocycles. The quantitative estimate of drug-likeness (QED) is 0.177. The first-order chi connectivity index (χ1) is 22.8. The van der Waals surface area contributed by atoms with Gasteiger partial charge in [-0.3, -0.25) is 14.4 Å². The molecule has 5 rings (SSSR count). The summed E-state index contributed by atoms with van der Waals surface area (Å²) in [5, 5.41) is 0. The van der Waals surface area contributed by atoms with E-state index in [2.05, 4.69) is 6.92 Å². The zero-order valence-corrected chi connectivity index (χ0v) is 28.0. The summed E-state index contributed by atoms with van der Waals surface area (Å²) in [7, 11) is 0. The van der Waals surface area contributed by atoms with Crippen LogP contribution < -0.4 is 9.47 Å². The van der Waals surface area contributed by atoms with Crippen LogP contribution in [0.2, 0.25) is 0 Å². The Morgan fingerprint density at radius 3 is 1.72 bits per heavy atom. The fourth-order valence-electron chi connectivity index (χ4n) is 7.26. The highest BCUT2D eigenvalue weighted by molar-refractivity contribution is 5.95. The van der Waals surface area contributed by atoms with Crippen LogP contribution in [-0.4, -0.2) is 36.1 Å². The summed E-state index contributed by atoms with van der Waals surface area (Å²) in [6.45, 7) is 4.09. The van der Waals surface area contributed by atoms with Gasteiger partial charge in [0.2, 0.25) is 0 Å². The summed E-state index contributed by atoms with van der Waals surface area (Å²) in [4.78, 5) is 51.8. The normalized spacial score (nSPS) is 26.1. The third-order valence-corrected chi connectivity index (χ3v) is 10.2. The molecule has 254 valence electrons. The molecule has 47 heavy (non-hydrogen) atoms. The van der Waals surface area contributed by atoms with E-state index < -0.39 is 11.9 Å². The van der Waals surface area contributed by atoms with Gasteiger partial charge in [0.15, 0.2) is 0 Å². The maximum atomic E-state index is 13.1. The van der Waals surface area contributed by atoms with Crippen LogP contribution in [0.15, 0.2) is 48.5 Å². The first-order valence-corrected chi connectivity index (χ1v) is 17.8. The minimum atomic E-state index is -0.595. The van der Waals surface area contributed by atoms with Gasteiger partial charge in [0.05, 0.1) is 17.8 Å². The molecule has 2 aromatic rings. The van der Waals surface area contributed by atoms with Gasteiger partial charge < -0.3 is 18.9 Å². The van der Waals surface area contributed by atoms with E-state index in [1.807, 2.05) is 13.0 Å². The molecular weight excluding hydrogens is 596 g/mol. The van der Waals surface area contributed by atoms with Crippen LogP contribution in [0.1, 0.15) is 119 Å². The SMILES string of the molecule is CCCCC1CCC(C(=O)OC2CCC(C(=O)OC3CCC(C(=O)Oc4cc(C)ccc4C(=O)Oc4ccccc4)CC3)CC2)CC1. The van der Waals surface area contributed by atoms with Crippen LogP contribution in [0, 0.1) is 30.6 Å². The fourth-order valence-corrected chi connectivity index (χ4v) is 7.26. The molecule has 8 heteroatoms. The predicted octanol–water partition coefficient (Wildman–Crippen LogP) is 8.32. The van der Waals surface area contributed by atoms with Crippen molar-refractivity contribution in [2.24, 2.45) is 23.7 Å². The summed E-state index contributed by atoms with van der Waals surface area (Å²) in [6.07, 6.45) is 12.5. The summed E-state index contributed by atoms with van der Waals surface area (Å²) >= 11 is 0. The molecule has 0 aliphatic heterocycles. The van der Waals surface area contributed by atoms with Gasteiger partial charge in [-0.2, -0.15) is 0 Å². The van der Waals surface area contributed by atoms with Gasteiger partial charge in [0.25, 0.3) is 0 Å². The summed E-state index contributed by atoms with van der Waals surface area (Å²) < 4.78 is 23.0. The predicted molar refractivity (Wildman–Crippen MR) is 177 cm³/mol. The van der Waals surface area contributed by atoms with Crippen molar-refractivity contribution >= 4 is 23.9 Å². The smallest absolute Gasteiger partial charge is 0.347 e. The molecule has 0 amide bonds. The third kappa shape index (κ3) is 9.91. The van der Waals surface area contributed by atoms with Crippen molar-refractivity contribution in [3.05, 3.63) is 59.7 Å². The molecule has 0 aromatic heterocycles. The van der Waals surface area contributed by atoms with E-state index in [-0.39, 0.29) is 53.2 Å². The second kappa shape index (κ2) is 16.9. The van der Waals surface area contributed by atoms with Crippen molar-refractivity contribution in [2.45, 2.75) is 122 Å². The topological polar surface area (TPSA) is 105 Å². The maximum absolute atomic E-state index is 13.1. The molecule has 2 aromatic carbocycles. The van der Waals surface area contributed by atoms with E-state index in [1.54, 1.807) is 42.5 Å². The second-order valence-electron chi connectivity index (χ2n) is 13.8. The lowest BCUT2D eigenvalue weighted by atomic mass is 9.80. The van der Waals surface area contributed by atoms with E-state index in [1.165, 1.54) is 19.3 Å². The summed E-state index contributed by atoms with van der Waals surface area (Å²) in [5.74, 6) is -0.387. The highest BCUT2D eigenvalue weighted by Crippen LogP contribution is 2.35. The van der Waals surface area contributed by atoms with Gasteiger partial charge in [-0.1, -0.05) is 50.5 Å². The van der Waals surface area contributed by atoms with Crippen molar-refractivity contribution in [1.82, 2.24) is 0 Å². The van der Waals surface area contributed by atoms with Crippen LogP contribution >= 0.6 is 0 Å². The largest absolute Gasteiger partial charge is 0.462 e. The molecule has 0 heterocycles. The molecule has 0 N–H and O–H groups in total. The summed E-state index contributed by atoms with van der Waals surface area (Å²) in [6, 6.07) is 13.8. The van der Waals surface area contributed by atoms with E-state index in [9.17, 15) is 19.2 Å². The molecular formula is C39H50O8. The van der Waals surface area contributed by atoms with Gasteiger partial charge in [-0.05, 0) is 120 Å². The molecule has 0 unspecified atom stereocenters. The van der Waals surface area contributed by atoms with Crippen LogP contribution in [-0.2, 0) is 23.9 Å². The molecule has 8 nitrogen and oxygen atoms in total. The molecule has 0 spiro atoms. The fraction of sp³-hybridized carbons (Fsp3) is 0.590. The Hall–Kier alpha value is -3.68. The Kier molecular flexibility index (Phi) is 12.5. The van der Waals surface area contributed by atoms with Gasteiger partial charge in [-0.15, -0.1) is 0 Å². The number of aryl methyl sites for hydroxylation is 1. The maximum Gasteiger partial charge on any atom is 0.347 e. The molecule has 0 radical (unpaired) electrons. The van der Waals surface area contributed by atoms with Gasteiger partial charge >= 0.3 is 23.9 Å². The van der Waals surface area contributed by atoms with Crippen LogP contribution in [0.5, 0.6) is 11.5 Å². The van der Waals surface area contributed by atoms with Crippen LogP contribution in [0.4, 0.5) is 0 Å².